The Kier molecular flexibility index (Phi) is 7.19. The second-order valence-corrected chi connectivity index (χ2v) is 6.81. The van der Waals surface area contributed by atoms with Gasteiger partial charge in [-0.2, -0.15) is 0 Å². The molecule has 5 atom stereocenters. The molecule has 1 aliphatic carbocycles. The average molecular weight is 325 g/mol. The molecule has 6 heteroatoms. The van der Waals surface area contributed by atoms with Crippen molar-refractivity contribution >= 4 is 17.5 Å². The van der Waals surface area contributed by atoms with E-state index >= 15 is 0 Å². The Morgan fingerprint density at radius 3 is 2.26 bits per heavy atom. The zero-order valence-corrected chi connectivity index (χ0v) is 14.6. The Morgan fingerprint density at radius 1 is 1.30 bits per heavy atom. The third kappa shape index (κ3) is 4.77. The minimum atomic E-state index is -0.797. The standard InChI is InChI=1S/C17H31N3O3/c1-5-11(6-2)16(20-10(4)22)15-12(8-14(18)19)7-13(9(3)21)17(15)23/h11-13,15-17,23H,5-8H2,1-4H3,(H3,18,19)(H,20,22)/t12-,13+,15+,16-,17+/m0/s1. The molecule has 1 fully saturated rings. The van der Waals surface area contributed by atoms with Crippen molar-refractivity contribution in [2.24, 2.45) is 29.4 Å². The number of hydrogen-bond acceptors (Lipinski definition) is 4. The number of aliphatic hydroxyl groups is 1. The summed E-state index contributed by atoms with van der Waals surface area (Å²) in [5.41, 5.74) is 5.57. The Labute approximate surface area is 138 Å². The highest BCUT2D eigenvalue weighted by Crippen LogP contribution is 2.43. The van der Waals surface area contributed by atoms with Crippen LogP contribution in [0.2, 0.25) is 0 Å². The van der Waals surface area contributed by atoms with Gasteiger partial charge in [-0.1, -0.05) is 26.7 Å². The van der Waals surface area contributed by atoms with E-state index in [0.717, 1.165) is 12.8 Å². The number of nitrogens with two attached hydrogens (primary N) is 1. The van der Waals surface area contributed by atoms with E-state index in [0.29, 0.717) is 12.8 Å². The second kappa shape index (κ2) is 8.43. The van der Waals surface area contributed by atoms with Gasteiger partial charge in [-0.15, -0.1) is 0 Å². The Bertz CT molecular complexity index is 448. The Morgan fingerprint density at radius 2 is 1.87 bits per heavy atom. The highest BCUT2D eigenvalue weighted by molar-refractivity contribution is 5.80. The van der Waals surface area contributed by atoms with E-state index in [1.54, 1.807) is 0 Å². The molecule has 0 aromatic carbocycles. The summed E-state index contributed by atoms with van der Waals surface area (Å²) in [4.78, 5) is 23.5. The van der Waals surface area contributed by atoms with Crippen molar-refractivity contribution in [1.82, 2.24) is 5.32 Å². The van der Waals surface area contributed by atoms with E-state index in [9.17, 15) is 14.7 Å². The van der Waals surface area contributed by atoms with E-state index in [1.165, 1.54) is 13.8 Å². The van der Waals surface area contributed by atoms with Gasteiger partial charge in [-0.3, -0.25) is 15.0 Å². The van der Waals surface area contributed by atoms with Crippen LogP contribution in [0.4, 0.5) is 0 Å². The summed E-state index contributed by atoms with van der Waals surface area (Å²) in [6, 6.07) is -0.203. The monoisotopic (exact) mass is 325 g/mol. The van der Waals surface area contributed by atoms with Crippen molar-refractivity contribution < 1.29 is 14.7 Å². The number of carbonyl (C=O) groups excluding carboxylic acids is 2. The lowest BCUT2D eigenvalue weighted by molar-refractivity contribution is -0.124. The largest absolute Gasteiger partial charge is 0.392 e. The van der Waals surface area contributed by atoms with Crippen LogP contribution >= 0.6 is 0 Å². The van der Waals surface area contributed by atoms with Crippen LogP contribution in [0.3, 0.4) is 0 Å². The number of rotatable bonds is 8. The number of hydrogen-bond donors (Lipinski definition) is 4. The van der Waals surface area contributed by atoms with Gasteiger partial charge in [0.25, 0.3) is 0 Å². The lowest BCUT2D eigenvalue weighted by Crippen LogP contribution is -2.50. The molecule has 1 amide bonds. The second-order valence-electron chi connectivity index (χ2n) is 6.81. The molecule has 1 rings (SSSR count). The summed E-state index contributed by atoms with van der Waals surface area (Å²) in [5.74, 6) is -0.645. The van der Waals surface area contributed by atoms with Crippen LogP contribution < -0.4 is 11.1 Å². The average Bonchev–Trinajstić information content (AvgIpc) is 2.74. The zero-order chi connectivity index (χ0) is 17.7. The third-order valence-electron chi connectivity index (χ3n) is 5.25. The lowest BCUT2D eigenvalue weighted by Gasteiger charge is -2.36. The van der Waals surface area contributed by atoms with Gasteiger partial charge in [0.1, 0.15) is 5.78 Å². The fourth-order valence-corrected chi connectivity index (χ4v) is 4.14. The summed E-state index contributed by atoms with van der Waals surface area (Å²) in [6.45, 7) is 7.09. The first kappa shape index (κ1) is 19.6. The van der Waals surface area contributed by atoms with Gasteiger partial charge in [0.2, 0.25) is 5.91 Å². The zero-order valence-electron chi connectivity index (χ0n) is 14.6. The van der Waals surface area contributed by atoms with Gasteiger partial charge in [-0.05, 0) is 25.2 Å². The molecule has 0 saturated heterocycles. The summed E-state index contributed by atoms with van der Waals surface area (Å²) < 4.78 is 0. The number of amidine groups is 1. The van der Waals surface area contributed by atoms with Crippen LogP contribution in [0.15, 0.2) is 0 Å². The first-order chi connectivity index (χ1) is 10.7. The number of carbonyl (C=O) groups is 2. The minimum absolute atomic E-state index is 0.0420. The number of nitrogens with one attached hydrogen (secondary N) is 2. The summed E-state index contributed by atoms with van der Waals surface area (Å²) >= 11 is 0. The molecule has 5 N–H and O–H groups in total. The normalized spacial score (nSPS) is 28.6. The molecule has 0 heterocycles. The molecule has 0 bridgehead atoms. The topological polar surface area (TPSA) is 116 Å². The van der Waals surface area contributed by atoms with E-state index in [4.69, 9.17) is 11.1 Å². The van der Waals surface area contributed by atoms with Crippen molar-refractivity contribution in [2.75, 3.05) is 0 Å². The van der Waals surface area contributed by atoms with Crippen LogP contribution in [-0.4, -0.2) is 34.8 Å². The quantitative estimate of drug-likeness (QED) is 0.399. The van der Waals surface area contributed by atoms with Gasteiger partial charge in [-0.25, -0.2) is 0 Å². The first-order valence-corrected chi connectivity index (χ1v) is 8.51. The highest BCUT2D eigenvalue weighted by Gasteiger charge is 2.49. The third-order valence-corrected chi connectivity index (χ3v) is 5.25. The minimum Gasteiger partial charge on any atom is -0.392 e. The maximum absolute atomic E-state index is 11.9. The molecule has 23 heavy (non-hydrogen) atoms. The van der Waals surface area contributed by atoms with Gasteiger partial charge < -0.3 is 16.2 Å². The molecule has 132 valence electrons. The predicted octanol–water partition coefficient (Wildman–Crippen LogP) is 1.46. The number of Topliss-reactive ketones (excluding diaryl/α,β-unsaturated/α-hetero) is 1. The van der Waals surface area contributed by atoms with E-state index in [2.05, 4.69) is 19.2 Å². The molecule has 0 radical (unpaired) electrons. The molecule has 1 aliphatic rings. The summed E-state index contributed by atoms with van der Waals surface area (Å²) in [7, 11) is 0. The molecule has 6 nitrogen and oxygen atoms in total. The van der Waals surface area contributed by atoms with Crippen LogP contribution in [0, 0.1) is 29.1 Å². The van der Waals surface area contributed by atoms with E-state index < -0.39 is 12.0 Å². The van der Waals surface area contributed by atoms with Gasteiger partial charge in [0, 0.05) is 31.2 Å². The van der Waals surface area contributed by atoms with Crippen molar-refractivity contribution in [1.29, 1.82) is 5.41 Å². The van der Waals surface area contributed by atoms with Crippen molar-refractivity contribution in [3.8, 4) is 0 Å². The van der Waals surface area contributed by atoms with Crippen molar-refractivity contribution in [3.63, 3.8) is 0 Å². The molecule has 0 aromatic rings. The molecular weight excluding hydrogens is 294 g/mol. The molecular formula is C17H31N3O3. The molecule has 0 unspecified atom stereocenters. The number of aliphatic hydroxyl groups excluding tert-OH is 1. The Hall–Kier alpha value is -1.43. The van der Waals surface area contributed by atoms with Crippen LogP contribution in [0.5, 0.6) is 0 Å². The number of amides is 1. The van der Waals surface area contributed by atoms with E-state index in [-0.39, 0.29) is 41.3 Å². The smallest absolute Gasteiger partial charge is 0.217 e. The van der Waals surface area contributed by atoms with Crippen LogP contribution in [0.1, 0.15) is 53.4 Å². The molecule has 0 aromatic heterocycles. The fourth-order valence-electron chi connectivity index (χ4n) is 4.14. The van der Waals surface area contributed by atoms with E-state index in [1.807, 2.05) is 0 Å². The summed E-state index contributed by atoms with van der Waals surface area (Å²) in [6.07, 6.45) is 1.83. The van der Waals surface area contributed by atoms with Gasteiger partial charge >= 0.3 is 0 Å². The molecule has 0 aliphatic heterocycles. The predicted molar refractivity (Wildman–Crippen MR) is 90.0 cm³/mol. The van der Waals surface area contributed by atoms with Crippen LogP contribution in [0.25, 0.3) is 0 Å². The van der Waals surface area contributed by atoms with Gasteiger partial charge in [0.05, 0.1) is 11.9 Å². The molecule has 1 saturated carbocycles. The highest BCUT2D eigenvalue weighted by atomic mass is 16.3. The van der Waals surface area contributed by atoms with Crippen LogP contribution in [-0.2, 0) is 9.59 Å². The van der Waals surface area contributed by atoms with Gasteiger partial charge in [0.15, 0.2) is 0 Å². The summed E-state index contributed by atoms with van der Waals surface area (Å²) in [5, 5.41) is 21.3. The maximum Gasteiger partial charge on any atom is 0.217 e. The maximum atomic E-state index is 11.9. The Balaban J connectivity index is 3.17. The SMILES string of the molecule is CCC(CC)[C@H](NC(C)=O)[C@H]1[C@H](CC(=N)N)C[C@H](C(C)=O)[C@H]1O. The fraction of sp³-hybridized carbons (Fsp3) is 0.824. The van der Waals surface area contributed by atoms with Crippen molar-refractivity contribution in [2.45, 2.75) is 65.5 Å². The molecule has 0 spiro atoms. The lowest BCUT2D eigenvalue weighted by atomic mass is 9.77. The number of ketones is 1. The first-order valence-electron chi connectivity index (χ1n) is 8.51. The van der Waals surface area contributed by atoms with Crippen molar-refractivity contribution in [3.05, 3.63) is 0 Å².